The molecule has 1 aliphatic rings. The van der Waals surface area contributed by atoms with Crippen LogP contribution in [0.1, 0.15) is 12.8 Å². The average Bonchev–Trinajstić information content (AvgIpc) is 3.38. The molecule has 0 unspecified atom stereocenters. The molecule has 128 valence electrons. The minimum Gasteiger partial charge on any atom is -0.372 e. The zero-order valence-electron chi connectivity index (χ0n) is 14.3. The second-order valence-corrected chi connectivity index (χ2v) is 6.47. The van der Waals surface area contributed by atoms with Gasteiger partial charge in [0, 0.05) is 36.7 Å². The molecule has 4 aromatic rings. The maximum absolute atomic E-state index is 4.64. The summed E-state index contributed by atoms with van der Waals surface area (Å²) in [5.41, 5.74) is 4.97. The predicted octanol–water partition coefficient (Wildman–Crippen LogP) is 3.48. The van der Waals surface area contributed by atoms with Gasteiger partial charge in [0.2, 0.25) is 0 Å². The molecule has 0 radical (unpaired) electrons. The highest BCUT2D eigenvalue weighted by atomic mass is 15.3. The molecule has 5 rings (SSSR count). The van der Waals surface area contributed by atoms with E-state index in [2.05, 4.69) is 49.2 Å². The fourth-order valence-electron chi connectivity index (χ4n) is 3.45. The predicted molar refractivity (Wildman–Crippen MR) is 101 cm³/mol. The Labute approximate surface area is 151 Å². The number of nitrogens with zero attached hydrogens (tertiary/aromatic N) is 6. The Kier molecular flexibility index (Phi) is 3.59. The fourth-order valence-corrected chi connectivity index (χ4v) is 3.45. The number of hydrogen-bond donors (Lipinski definition) is 0. The van der Waals surface area contributed by atoms with Crippen molar-refractivity contribution in [3.8, 4) is 17.1 Å². The molecule has 0 N–H and O–H groups in total. The van der Waals surface area contributed by atoms with E-state index in [9.17, 15) is 0 Å². The van der Waals surface area contributed by atoms with Gasteiger partial charge in [0.25, 0.3) is 0 Å². The zero-order valence-corrected chi connectivity index (χ0v) is 14.3. The summed E-state index contributed by atoms with van der Waals surface area (Å²) in [5.74, 6) is 0.684. The molecule has 0 bridgehead atoms. The van der Waals surface area contributed by atoms with Gasteiger partial charge in [0.05, 0.1) is 18.1 Å². The van der Waals surface area contributed by atoms with Crippen molar-refractivity contribution in [2.75, 3.05) is 18.0 Å². The molecule has 1 fully saturated rings. The van der Waals surface area contributed by atoms with Crippen LogP contribution in [0.15, 0.2) is 61.2 Å². The largest absolute Gasteiger partial charge is 0.372 e. The zero-order chi connectivity index (χ0) is 17.3. The van der Waals surface area contributed by atoms with Crippen LogP contribution in [-0.4, -0.2) is 37.8 Å². The lowest BCUT2D eigenvalue weighted by Gasteiger charge is -2.17. The summed E-state index contributed by atoms with van der Waals surface area (Å²) >= 11 is 0. The lowest BCUT2D eigenvalue weighted by Crippen LogP contribution is -2.17. The summed E-state index contributed by atoms with van der Waals surface area (Å²) in [6.07, 6.45) is 9.67. The van der Waals surface area contributed by atoms with Crippen LogP contribution in [0, 0.1) is 0 Å². The van der Waals surface area contributed by atoms with Gasteiger partial charge in [0.15, 0.2) is 5.82 Å². The van der Waals surface area contributed by atoms with Crippen molar-refractivity contribution in [2.24, 2.45) is 0 Å². The first kappa shape index (κ1) is 15.0. The second-order valence-electron chi connectivity index (χ2n) is 6.47. The summed E-state index contributed by atoms with van der Waals surface area (Å²) in [4.78, 5) is 15.6. The molecule has 1 saturated heterocycles. The normalized spacial score (nSPS) is 14.2. The van der Waals surface area contributed by atoms with Crippen molar-refractivity contribution in [2.45, 2.75) is 12.8 Å². The number of hydrogen-bond acceptors (Lipinski definition) is 5. The van der Waals surface area contributed by atoms with Gasteiger partial charge in [-0.05, 0) is 49.2 Å². The lowest BCUT2D eigenvalue weighted by atomic mass is 10.2. The first-order chi connectivity index (χ1) is 12.9. The van der Waals surface area contributed by atoms with Crippen LogP contribution >= 0.6 is 0 Å². The Bertz CT molecular complexity index is 1030. The molecule has 26 heavy (non-hydrogen) atoms. The third kappa shape index (κ3) is 2.60. The van der Waals surface area contributed by atoms with Crippen LogP contribution in [-0.2, 0) is 0 Å². The summed E-state index contributed by atoms with van der Waals surface area (Å²) in [6.45, 7) is 2.30. The number of benzene rings is 1. The molecular formula is C20H18N6. The van der Waals surface area contributed by atoms with Gasteiger partial charge in [-0.2, -0.15) is 5.10 Å². The Morgan fingerprint density at radius 1 is 0.808 bits per heavy atom. The number of aromatic nitrogens is 5. The Balaban J connectivity index is 1.49. The average molecular weight is 342 g/mol. The van der Waals surface area contributed by atoms with E-state index in [1.54, 1.807) is 18.6 Å². The number of fused-ring (bicyclic) bond motifs is 1. The Morgan fingerprint density at radius 3 is 2.31 bits per heavy atom. The minimum atomic E-state index is 0.684. The molecule has 1 aromatic carbocycles. The Morgan fingerprint density at radius 2 is 1.54 bits per heavy atom. The minimum absolute atomic E-state index is 0.684. The molecule has 0 saturated carbocycles. The van der Waals surface area contributed by atoms with Crippen LogP contribution in [0.3, 0.4) is 0 Å². The molecule has 4 heterocycles. The van der Waals surface area contributed by atoms with Crippen LogP contribution in [0.5, 0.6) is 0 Å². The molecule has 6 heteroatoms. The van der Waals surface area contributed by atoms with Crippen molar-refractivity contribution in [3.05, 3.63) is 61.2 Å². The third-order valence-corrected chi connectivity index (χ3v) is 4.83. The lowest BCUT2D eigenvalue weighted by molar-refractivity contribution is 0.905. The van der Waals surface area contributed by atoms with Gasteiger partial charge in [-0.3, -0.25) is 4.98 Å². The van der Waals surface area contributed by atoms with E-state index in [0.29, 0.717) is 5.82 Å². The van der Waals surface area contributed by atoms with E-state index >= 15 is 0 Å². The summed E-state index contributed by atoms with van der Waals surface area (Å²) in [6, 6.07) is 12.4. The molecular weight excluding hydrogens is 324 g/mol. The van der Waals surface area contributed by atoms with Crippen LogP contribution < -0.4 is 4.90 Å². The highest BCUT2D eigenvalue weighted by molar-refractivity contribution is 5.77. The van der Waals surface area contributed by atoms with Crippen molar-refractivity contribution in [1.82, 2.24) is 24.7 Å². The molecule has 0 amide bonds. The van der Waals surface area contributed by atoms with Crippen LogP contribution in [0.4, 0.5) is 5.69 Å². The van der Waals surface area contributed by atoms with E-state index in [1.165, 1.54) is 18.5 Å². The molecule has 1 aliphatic heterocycles. The fraction of sp³-hybridized carbons (Fsp3) is 0.200. The second kappa shape index (κ2) is 6.22. The van der Waals surface area contributed by atoms with E-state index < -0.39 is 0 Å². The topological polar surface area (TPSA) is 59.7 Å². The summed E-state index contributed by atoms with van der Waals surface area (Å²) in [5, 5.41) is 4.52. The molecule has 0 aliphatic carbocycles. The SMILES string of the molecule is c1cc(-c2ncc3c(cnn3-c3ccc(N4CCCC4)cc3)n2)ccn1. The smallest absolute Gasteiger partial charge is 0.160 e. The highest BCUT2D eigenvalue weighted by Gasteiger charge is 2.13. The standard InChI is InChI=1S/C20H18N6/c1-2-12-25(11-1)16-3-5-17(6-4-16)26-19-14-22-20(24-18(19)13-23-26)15-7-9-21-10-8-15/h3-10,13-14H,1-2,11-12H2. The number of rotatable bonds is 3. The summed E-state index contributed by atoms with van der Waals surface area (Å²) in [7, 11) is 0. The van der Waals surface area contributed by atoms with Crippen LogP contribution in [0.2, 0.25) is 0 Å². The van der Waals surface area contributed by atoms with Gasteiger partial charge < -0.3 is 4.90 Å². The number of pyridine rings is 1. The number of anilines is 1. The van der Waals surface area contributed by atoms with E-state index in [1.807, 2.05) is 23.0 Å². The van der Waals surface area contributed by atoms with Gasteiger partial charge >= 0.3 is 0 Å². The molecule has 3 aromatic heterocycles. The van der Waals surface area contributed by atoms with Crippen LogP contribution in [0.25, 0.3) is 28.1 Å². The molecule has 6 nitrogen and oxygen atoms in total. The maximum Gasteiger partial charge on any atom is 0.160 e. The third-order valence-electron chi connectivity index (χ3n) is 4.83. The molecule has 0 spiro atoms. The first-order valence-electron chi connectivity index (χ1n) is 8.85. The van der Waals surface area contributed by atoms with Crippen molar-refractivity contribution >= 4 is 16.7 Å². The van der Waals surface area contributed by atoms with Gasteiger partial charge in [0.1, 0.15) is 11.0 Å². The summed E-state index contributed by atoms with van der Waals surface area (Å²) < 4.78 is 1.89. The van der Waals surface area contributed by atoms with E-state index in [4.69, 9.17) is 0 Å². The van der Waals surface area contributed by atoms with Gasteiger partial charge in [-0.25, -0.2) is 14.6 Å². The first-order valence-corrected chi connectivity index (χ1v) is 8.85. The van der Waals surface area contributed by atoms with E-state index in [0.717, 1.165) is 35.4 Å². The van der Waals surface area contributed by atoms with Crippen molar-refractivity contribution in [3.63, 3.8) is 0 Å². The monoisotopic (exact) mass is 342 g/mol. The Hall–Kier alpha value is -3.28. The quantitative estimate of drug-likeness (QED) is 0.570. The van der Waals surface area contributed by atoms with Gasteiger partial charge in [-0.1, -0.05) is 0 Å². The highest BCUT2D eigenvalue weighted by Crippen LogP contribution is 2.24. The maximum atomic E-state index is 4.64. The van der Waals surface area contributed by atoms with Crippen molar-refractivity contribution in [1.29, 1.82) is 0 Å². The van der Waals surface area contributed by atoms with Gasteiger partial charge in [-0.15, -0.1) is 0 Å². The van der Waals surface area contributed by atoms with Crippen molar-refractivity contribution < 1.29 is 0 Å². The van der Waals surface area contributed by atoms with E-state index in [-0.39, 0.29) is 0 Å². The molecule has 0 atom stereocenters.